The molecule has 1 aromatic rings. The van der Waals surface area contributed by atoms with E-state index in [4.69, 9.17) is 0 Å². The molecule has 22 heavy (non-hydrogen) atoms. The summed E-state index contributed by atoms with van der Waals surface area (Å²) in [7, 11) is 0. The summed E-state index contributed by atoms with van der Waals surface area (Å²) in [6.07, 6.45) is 5.49. The van der Waals surface area contributed by atoms with Crippen LogP contribution in [0.5, 0.6) is 0 Å². The summed E-state index contributed by atoms with van der Waals surface area (Å²) in [6.45, 7) is 3.96. The standard InChI is InChI=1S/C17H25NO3S/c1-12-9-10-13(22-12)6-5-8-15(19)18-17(2)11-4-3-7-14(17)16(20)21/h9-10,14H,3-8,11H2,1-2H3,(H,18,19)(H,20,21). The van der Waals surface area contributed by atoms with Crippen molar-refractivity contribution < 1.29 is 14.7 Å². The highest BCUT2D eigenvalue weighted by Crippen LogP contribution is 2.34. The van der Waals surface area contributed by atoms with Gasteiger partial charge in [-0.25, -0.2) is 0 Å². The van der Waals surface area contributed by atoms with E-state index in [1.807, 2.05) is 6.92 Å². The van der Waals surface area contributed by atoms with Crippen LogP contribution in [-0.4, -0.2) is 22.5 Å². The largest absolute Gasteiger partial charge is 0.481 e. The normalized spacial score (nSPS) is 24.9. The lowest BCUT2D eigenvalue weighted by molar-refractivity contribution is -0.146. The van der Waals surface area contributed by atoms with Gasteiger partial charge in [-0.15, -0.1) is 11.3 Å². The third kappa shape index (κ3) is 4.32. The molecule has 1 aliphatic rings. The molecular formula is C17H25NO3S. The van der Waals surface area contributed by atoms with Crippen LogP contribution in [0.1, 0.15) is 55.2 Å². The maximum Gasteiger partial charge on any atom is 0.308 e. The van der Waals surface area contributed by atoms with E-state index in [1.165, 1.54) is 9.75 Å². The Balaban J connectivity index is 1.83. The molecule has 0 aliphatic heterocycles. The van der Waals surface area contributed by atoms with Gasteiger partial charge in [0.05, 0.1) is 11.5 Å². The molecule has 2 rings (SSSR count). The molecule has 1 heterocycles. The van der Waals surface area contributed by atoms with Gasteiger partial charge in [-0.3, -0.25) is 9.59 Å². The van der Waals surface area contributed by atoms with Crippen molar-refractivity contribution in [2.24, 2.45) is 5.92 Å². The number of carbonyl (C=O) groups excluding carboxylic acids is 1. The second-order valence-corrected chi connectivity index (χ2v) is 7.84. The van der Waals surface area contributed by atoms with Gasteiger partial charge in [-0.05, 0) is 51.7 Å². The van der Waals surface area contributed by atoms with Gasteiger partial charge >= 0.3 is 5.97 Å². The fourth-order valence-corrected chi connectivity index (χ4v) is 4.23. The molecule has 2 unspecified atom stereocenters. The highest BCUT2D eigenvalue weighted by atomic mass is 32.1. The van der Waals surface area contributed by atoms with E-state index in [0.717, 1.165) is 32.1 Å². The number of amides is 1. The maximum atomic E-state index is 12.2. The van der Waals surface area contributed by atoms with Crippen molar-refractivity contribution in [3.63, 3.8) is 0 Å². The average Bonchev–Trinajstić information content (AvgIpc) is 2.84. The SMILES string of the molecule is Cc1ccc(CCCC(=O)NC2(C)CCCCC2C(=O)O)s1. The molecule has 1 fully saturated rings. The highest BCUT2D eigenvalue weighted by molar-refractivity contribution is 7.11. The number of carboxylic acids is 1. The molecule has 2 atom stereocenters. The van der Waals surface area contributed by atoms with Gasteiger partial charge in [0.1, 0.15) is 0 Å². The number of nitrogens with one attached hydrogen (secondary N) is 1. The van der Waals surface area contributed by atoms with E-state index >= 15 is 0 Å². The van der Waals surface area contributed by atoms with Crippen molar-refractivity contribution in [1.82, 2.24) is 5.32 Å². The Morgan fingerprint density at radius 2 is 2.18 bits per heavy atom. The van der Waals surface area contributed by atoms with Gasteiger partial charge in [0.25, 0.3) is 0 Å². The topological polar surface area (TPSA) is 66.4 Å². The molecule has 0 radical (unpaired) electrons. The summed E-state index contributed by atoms with van der Waals surface area (Å²) < 4.78 is 0. The summed E-state index contributed by atoms with van der Waals surface area (Å²) in [5, 5.41) is 12.4. The van der Waals surface area contributed by atoms with Crippen molar-refractivity contribution in [2.45, 2.75) is 64.3 Å². The Morgan fingerprint density at radius 3 is 2.82 bits per heavy atom. The summed E-state index contributed by atoms with van der Waals surface area (Å²) in [6, 6.07) is 4.21. The number of thiophene rings is 1. The molecule has 5 heteroatoms. The maximum absolute atomic E-state index is 12.2. The molecule has 1 saturated carbocycles. The van der Waals surface area contributed by atoms with Crippen molar-refractivity contribution in [3.05, 3.63) is 21.9 Å². The molecule has 4 nitrogen and oxygen atoms in total. The van der Waals surface area contributed by atoms with Crippen LogP contribution in [0.2, 0.25) is 0 Å². The third-order valence-electron chi connectivity index (χ3n) is 4.55. The van der Waals surface area contributed by atoms with E-state index in [2.05, 4.69) is 24.4 Å². The fourth-order valence-electron chi connectivity index (χ4n) is 3.30. The van der Waals surface area contributed by atoms with Gasteiger partial charge in [-0.2, -0.15) is 0 Å². The number of aryl methyl sites for hydroxylation is 2. The predicted octanol–water partition coefficient (Wildman–Crippen LogP) is 3.53. The van der Waals surface area contributed by atoms with Gasteiger partial charge in [0.2, 0.25) is 5.91 Å². The smallest absolute Gasteiger partial charge is 0.308 e. The monoisotopic (exact) mass is 323 g/mol. The second kappa shape index (κ2) is 7.27. The first-order chi connectivity index (χ1) is 10.4. The van der Waals surface area contributed by atoms with Gasteiger partial charge in [0.15, 0.2) is 0 Å². The first kappa shape index (κ1) is 17.0. The van der Waals surface area contributed by atoms with Gasteiger partial charge in [0, 0.05) is 16.2 Å². The molecule has 1 aromatic heterocycles. The molecule has 1 amide bonds. The van der Waals surface area contributed by atoms with Crippen LogP contribution < -0.4 is 5.32 Å². The van der Waals surface area contributed by atoms with Crippen LogP contribution >= 0.6 is 11.3 Å². The van der Waals surface area contributed by atoms with E-state index in [0.29, 0.717) is 12.8 Å². The Labute approximate surface area is 135 Å². The lowest BCUT2D eigenvalue weighted by Crippen LogP contribution is -2.55. The van der Waals surface area contributed by atoms with E-state index < -0.39 is 17.4 Å². The summed E-state index contributed by atoms with van der Waals surface area (Å²) >= 11 is 1.77. The Kier molecular flexibility index (Phi) is 5.62. The average molecular weight is 323 g/mol. The van der Waals surface area contributed by atoms with E-state index in [-0.39, 0.29) is 5.91 Å². The van der Waals surface area contributed by atoms with E-state index in [9.17, 15) is 14.7 Å². The third-order valence-corrected chi connectivity index (χ3v) is 5.61. The number of carbonyl (C=O) groups is 2. The number of rotatable bonds is 6. The minimum Gasteiger partial charge on any atom is -0.481 e. The van der Waals surface area contributed by atoms with Crippen molar-refractivity contribution in [3.8, 4) is 0 Å². The number of hydrogen-bond donors (Lipinski definition) is 2. The molecule has 2 N–H and O–H groups in total. The Hall–Kier alpha value is -1.36. The summed E-state index contributed by atoms with van der Waals surface area (Å²) in [5.41, 5.74) is -0.597. The second-order valence-electron chi connectivity index (χ2n) is 6.47. The quantitative estimate of drug-likeness (QED) is 0.841. The minimum atomic E-state index is -0.795. The first-order valence-electron chi connectivity index (χ1n) is 8.00. The van der Waals surface area contributed by atoms with Gasteiger partial charge in [-0.1, -0.05) is 12.8 Å². The molecule has 0 saturated heterocycles. The summed E-state index contributed by atoms with van der Waals surface area (Å²) in [5.74, 6) is -1.29. The van der Waals surface area contributed by atoms with Crippen LogP contribution in [0, 0.1) is 12.8 Å². The predicted molar refractivity (Wildman–Crippen MR) is 88.1 cm³/mol. The zero-order valence-corrected chi connectivity index (χ0v) is 14.2. The first-order valence-corrected chi connectivity index (χ1v) is 8.81. The zero-order valence-electron chi connectivity index (χ0n) is 13.4. The molecule has 122 valence electrons. The van der Waals surface area contributed by atoms with Gasteiger partial charge < -0.3 is 10.4 Å². The fraction of sp³-hybridized carbons (Fsp3) is 0.647. The lowest BCUT2D eigenvalue weighted by atomic mass is 9.74. The summed E-state index contributed by atoms with van der Waals surface area (Å²) in [4.78, 5) is 26.2. The van der Waals surface area contributed by atoms with Crippen molar-refractivity contribution in [2.75, 3.05) is 0 Å². The van der Waals surface area contributed by atoms with Crippen LogP contribution in [0.15, 0.2) is 12.1 Å². The number of carboxylic acid groups (broad SMARTS) is 1. The highest BCUT2D eigenvalue weighted by Gasteiger charge is 2.41. The van der Waals surface area contributed by atoms with Crippen molar-refractivity contribution in [1.29, 1.82) is 0 Å². The Bertz CT molecular complexity index is 540. The number of hydrogen-bond acceptors (Lipinski definition) is 3. The van der Waals surface area contributed by atoms with E-state index in [1.54, 1.807) is 11.3 Å². The number of aliphatic carboxylic acids is 1. The molecule has 0 bridgehead atoms. The molecule has 0 spiro atoms. The minimum absolute atomic E-state index is 0.0241. The van der Waals surface area contributed by atoms with Crippen LogP contribution in [-0.2, 0) is 16.0 Å². The van der Waals surface area contributed by atoms with Crippen LogP contribution in [0.3, 0.4) is 0 Å². The Morgan fingerprint density at radius 1 is 1.41 bits per heavy atom. The molecule has 0 aromatic carbocycles. The van der Waals surface area contributed by atoms with Crippen LogP contribution in [0.25, 0.3) is 0 Å². The zero-order chi connectivity index (χ0) is 16.2. The molecular weight excluding hydrogens is 298 g/mol. The molecule has 1 aliphatic carbocycles. The van der Waals surface area contributed by atoms with Crippen molar-refractivity contribution >= 4 is 23.2 Å². The lowest BCUT2D eigenvalue weighted by Gasteiger charge is -2.39. The van der Waals surface area contributed by atoms with Crippen LogP contribution in [0.4, 0.5) is 0 Å².